The molecule has 0 heterocycles. The zero-order chi connectivity index (χ0) is 13.8. The number of hydrogen-bond donors (Lipinski definition) is 1. The Hall–Kier alpha value is -2.42. The Morgan fingerprint density at radius 3 is 2.47 bits per heavy atom. The van der Waals surface area contributed by atoms with Crippen LogP contribution in [-0.2, 0) is 0 Å². The third-order valence-electron chi connectivity index (χ3n) is 2.81. The van der Waals surface area contributed by atoms with Gasteiger partial charge in [-0.3, -0.25) is 4.79 Å². The van der Waals surface area contributed by atoms with Crippen LogP contribution in [0.3, 0.4) is 0 Å². The fourth-order valence-corrected chi connectivity index (χ4v) is 1.67. The van der Waals surface area contributed by atoms with Gasteiger partial charge in [-0.2, -0.15) is 0 Å². The van der Waals surface area contributed by atoms with Crippen LogP contribution in [-0.4, -0.2) is 5.78 Å². The van der Waals surface area contributed by atoms with E-state index >= 15 is 0 Å². The van der Waals surface area contributed by atoms with E-state index in [1.54, 1.807) is 31.2 Å². The van der Waals surface area contributed by atoms with Crippen LogP contribution in [0.15, 0.2) is 48.5 Å². The molecule has 2 rings (SSSR count). The Kier molecular flexibility index (Phi) is 3.76. The molecule has 2 aromatic carbocycles. The molecule has 0 aliphatic carbocycles. The molecule has 2 nitrogen and oxygen atoms in total. The third kappa shape index (κ3) is 3.28. The largest absolute Gasteiger partial charge is 0.399 e. The number of benzene rings is 2. The monoisotopic (exact) mass is 255 g/mol. The number of hydrogen-bond acceptors (Lipinski definition) is 2. The number of carbonyl (C=O) groups is 1. The molecule has 0 amide bonds. The summed E-state index contributed by atoms with van der Waals surface area (Å²) < 4.78 is 13.1. The highest BCUT2D eigenvalue weighted by atomic mass is 19.1. The second-order valence-corrected chi connectivity index (χ2v) is 4.33. The van der Waals surface area contributed by atoms with E-state index in [1.165, 1.54) is 18.2 Å². The van der Waals surface area contributed by atoms with Gasteiger partial charge in [0.2, 0.25) is 0 Å². The second-order valence-electron chi connectivity index (χ2n) is 4.33. The molecule has 96 valence electrons. The average molecular weight is 255 g/mol. The van der Waals surface area contributed by atoms with Gasteiger partial charge in [-0.05, 0) is 54.5 Å². The van der Waals surface area contributed by atoms with Crippen LogP contribution in [0.25, 0.3) is 6.08 Å². The molecule has 19 heavy (non-hydrogen) atoms. The average Bonchev–Trinajstić information content (AvgIpc) is 2.41. The van der Waals surface area contributed by atoms with Crippen molar-refractivity contribution in [1.82, 2.24) is 0 Å². The van der Waals surface area contributed by atoms with Crippen LogP contribution in [0.4, 0.5) is 10.1 Å². The van der Waals surface area contributed by atoms with Crippen LogP contribution >= 0.6 is 0 Å². The van der Waals surface area contributed by atoms with Gasteiger partial charge in [0.1, 0.15) is 5.82 Å². The Morgan fingerprint density at radius 1 is 1.16 bits per heavy atom. The maximum Gasteiger partial charge on any atom is 0.185 e. The van der Waals surface area contributed by atoms with Gasteiger partial charge in [0.25, 0.3) is 0 Å². The van der Waals surface area contributed by atoms with Gasteiger partial charge >= 0.3 is 0 Å². The summed E-state index contributed by atoms with van der Waals surface area (Å²) in [5, 5.41) is 0. The minimum absolute atomic E-state index is 0.153. The smallest absolute Gasteiger partial charge is 0.185 e. The zero-order valence-electron chi connectivity index (χ0n) is 10.6. The van der Waals surface area contributed by atoms with Crippen LogP contribution in [0, 0.1) is 12.7 Å². The summed E-state index contributed by atoms with van der Waals surface area (Å²) in [4.78, 5) is 11.9. The van der Waals surface area contributed by atoms with Crippen LogP contribution < -0.4 is 5.73 Å². The number of ketones is 1. The molecule has 0 saturated heterocycles. The van der Waals surface area contributed by atoms with Gasteiger partial charge in [-0.15, -0.1) is 0 Å². The van der Waals surface area contributed by atoms with Gasteiger partial charge in [-0.1, -0.05) is 18.2 Å². The second kappa shape index (κ2) is 5.48. The van der Waals surface area contributed by atoms with Gasteiger partial charge < -0.3 is 5.73 Å². The number of rotatable bonds is 3. The number of halogens is 1. The van der Waals surface area contributed by atoms with E-state index in [9.17, 15) is 9.18 Å². The van der Waals surface area contributed by atoms with Crippen molar-refractivity contribution >= 4 is 17.5 Å². The predicted molar refractivity (Wildman–Crippen MR) is 75.4 cm³/mol. The van der Waals surface area contributed by atoms with Crippen molar-refractivity contribution in [3.63, 3.8) is 0 Å². The first-order chi connectivity index (χ1) is 9.06. The lowest BCUT2D eigenvalue weighted by Crippen LogP contribution is -1.96. The Balaban J connectivity index is 2.16. The normalized spacial score (nSPS) is 10.8. The first kappa shape index (κ1) is 13.0. The van der Waals surface area contributed by atoms with E-state index in [0.29, 0.717) is 16.8 Å². The summed E-state index contributed by atoms with van der Waals surface area (Å²) in [5.74, 6) is -0.459. The number of nitrogens with two attached hydrogens (primary N) is 1. The summed E-state index contributed by atoms with van der Waals surface area (Å²) in [5.41, 5.74) is 8.09. The predicted octanol–water partition coefficient (Wildman–Crippen LogP) is 3.61. The lowest BCUT2D eigenvalue weighted by Gasteiger charge is -1.99. The van der Waals surface area contributed by atoms with Crippen molar-refractivity contribution in [2.75, 3.05) is 5.73 Å². The summed E-state index contributed by atoms with van der Waals surface area (Å²) in [6.45, 7) is 1.63. The Labute approximate surface area is 111 Å². The Morgan fingerprint density at radius 2 is 1.84 bits per heavy atom. The molecular weight excluding hydrogens is 241 g/mol. The van der Waals surface area contributed by atoms with Gasteiger partial charge in [-0.25, -0.2) is 4.39 Å². The fraction of sp³-hybridized carbons (Fsp3) is 0.0625. The van der Waals surface area contributed by atoms with Crippen LogP contribution in [0.5, 0.6) is 0 Å². The van der Waals surface area contributed by atoms with Crippen molar-refractivity contribution in [3.05, 3.63) is 71.0 Å². The van der Waals surface area contributed by atoms with Crippen LogP contribution in [0.2, 0.25) is 0 Å². The molecule has 2 N–H and O–H groups in total. The first-order valence-electron chi connectivity index (χ1n) is 5.90. The van der Waals surface area contributed by atoms with E-state index in [0.717, 1.165) is 5.56 Å². The van der Waals surface area contributed by atoms with Gasteiger partial charge in [0, 0.05) is 11.3 Å². The van der Waals surface area contributed by atoms with E-state index in [4.69, 9.17) is 5.73 Å². The maximum atomic E-state index is 13.1. The van der Waals surface area contributed by atoms with Gasteiger partial charge in [0.05, 0.1) is 0 Å². The van der Waals surface area contributed by atoms with E-state index < -0.39 is 0 Å². The highest BCUT2D eigenvalue weighted by molar-refractivity contribution is 6.06. The molecule has 3 heteroatoms. The molecule has 0 spiro atoms. The van der Waals surface area contributed by atoms with Crippen molar-refractivity contribution < 1.29 is 9.18 Å². The summed E-state index contributed by atoms with van der Waals surface area (Å²) in [7, 11) is 0. The molecule has 0 radical (unpaired) electrons. The van der Waals surface area contributed by atoms with E-state index in [-0.39, 0.29) is 11.6 Å². The number of nitrogen functional groups attached to an aromatic ring is 1. The van der Waals surface area contributed by atoms with Gasteiger partial charge in [0.15, 0.2) is 5.78 Å². The number of aryl methyl sites for hydroxylation is 1. The molecule has 0 aliphatic rings. The molecule has 0 unspecified atom stereocenters. The van der Waals surface area contributed by atoms with Crippen molar-refractivity contribution in [2.45, 2.75) is 6.92 Å². The van der Waals surface area contributed by atoms with Crippen molar-refractivity contribution in [1.29, 1.82) is 0 Å². The molecule has 0 aliphatic heterocycles. The van der Waals surface area contributed by atoms with E-state index in [1.807, 2.05) is 12.1 Å². The molecule has 2 aromatic rings. The quantitative estimate of drug-likeness (QED) is 0.517. The topological polar surface area (TPSA) is 43.1 Å². The van der Waals surface area contributed by atoms with Crippen LogP contribution in [0.1, 0.15) is 21.5 Å². The van der Waals surface area contributed by atoms with Crippen molar-refractivity contribution in [2.24, 2.45) is 0 Å². The lowest BCUT2D eigenvalue weighted by atomic mass is 10.1. The number of anilines is 1. The standard InChI is InChI=1S/C16H14FNO/c1-11-10-13(5-8-15(11)17)16(19)9-4-12-2-6-14(18)7-3-12/h2-10H,18H2,1H3/b9-4+. The summed E-state index contributed by atoms with van der Waals surface area (Å²) >= 11 is 0. The molecule has 0 saturated carbocycles. The molecule has 0 atom stereocenters. The number of allylic oxidation sites excluding steroid dienone is 1. The molecular formula is C16H14FNO. The minimum Gasteiger partial charge on any atom is -0.399 e. The molecule has 0 fully saturated rings. The number of carbonyl (C=O) groups excluding carboxylic acids is 1. The maximum absolute atomic E-state index is 13.1. The SMILES string of the molecule is Cc1cc(C(=O)/C=C/c2ccc(N)cc2)ccc1F. The summed E-state index contributed by atoms with van der Waals surface area (Å²) in [6.07, 6.45) is 3.18. The summed E-state index contributed by atoms with van der Waals surface area (Å²) in [6, 6.07) is 11.5. The Bertz CT molecular complexity index is 630. The highest BCUT2D eigenvalue weighted by Crippen LogP contribution is 2.12. The minimum atomic E-state index is -0.306. The van der Waals surface area contributed by atoms with Crippen molar-refractivity contribution in [3.8, 4) is 0 Å². The zero-order valence-corrected chi connectivity index (χ0v) is 10.6. The fourth-order valence-electron chi connectivity index (χ4n) is 1.67. The van der Waals surface area contributed by atoms with E-state index in [2.05, 4.69) is 0 Å². The molecule has 0 bridgehead atoms. The lowest BCUT2D eigenvalue weighted by molar-refractivity contribution is 0.104. The first-order valence-corrected chi connectivity index (χ1v) is 5.90. The molecule has 0 aromatic heterocycles. The highest BCUT2D eigenvalue weighted by Gasteiger charge is 2.04. The third-order valence-corrected chi connectivity index (χ3v) is 2.81.